The summed E-state index contributed by atoms with van der Waals surface area (Å²) in [7, 11) is -4.03. The zero-order valence-electron chi connectivity index (χ0n) is 9.68. The molecule has 2 aromatic heterocycles. The summed E-state index contributed by atoms with van der Waals surface area (Å²) in [5.74, 6) is -0.0712. The third-order valence-electron chi connectivity index (χ3n) is 2.22. The predicted octanol–water partition coefficient (Wildman–Crippen LogP) is -1.30. The number of hydrogen-bond acceptors (Lipinski definition) is 6. The Bertz CT molecular complexity index is 688. The molecule has 0 aliphatic rings. The van der Waals surface area contributed by atoms with Crippen LogP contribution in [0, 0.1) is 0 Å². The second kappa shape index (κ2) is 5.00. The lowest BCUT2D eigenvalue weighted by atomic mass is 10.5. The molecule has 5 N–H and O–H groups in total. The van der Waals surface area contributed by atoms with Crippen molar-refractivity contribution in [2.75, 3.05) is 18.5 Å². The van der Waals surface area contributed by atoms with Gasteiger partial charge in [0.05, 0.1) is 6.16 Å². The number of anilines is 1. The van der Waals surface area contributed by atoms with Crippen LogP contribution in [-0.4, -0.2) is 42.2 Å². The van der Waals surface area contributed by atoms with Crippen molar-refractivity contribution in [1.29, 1.82) is 0 Å². The summed E-state index contributed by atoms with van der Waals surface area (Å²) in [4.78, 5) is 44.0. The lowest BCUT2D eigenvalue weighted by Gasteiger charge is -2.07. The number of aromatic amines is 1. The SMILES string of the molecule is Nc1nc2c(ncn2OCCCP(=O)(O)O)c(=O)[nH]1. The predicted molar refractivity (Wildman–Crippen MR) is 65.5 cm³/mol. The molecular formula is C8H12N5O5P. The molecule has 0 atom stereocenters. The first-order valence-electron chi connectivity index (χ1n) is 5.27. The molecule has 0 fully saturated rings. The van der Waals surface area contributed by atoms with Crippen molar-refractivity contribution in [2.45, 2.75) is 6.42 Å². The van der Waals surface area contributed by atoms with Gasteiger partial charge in [-0.1, -0.05) is 0 Å². The second-order valence-electron chi connectivity index (χ2n) is 3.77. The van der Waals surface area contributed by atoms with E-state index in [2.05, 4.69) is 15.0 Å². The Morgan fingerprint density at radius 1 is 1.53 bits per heavy atom. The van der Waals surface area contributed by atoms with E-state index in [-0.39, 0.29) is 36.3 Å². The minimum absolute atomic E-state index is 0.0466. The second-order valence-corrected chi connectivity index (χ2v) is 5.55. The van der Waals surface area contributed by atoms with Crippen molar-refractivity contribution in [3.63, 3.8) is 0 Å². The van der Waals surface area contributed by atoms with Crippen LogP contribution in [0.2, 0.25) is 0 Å². The molecule has 10 nitrogen and oxygen atoms in total. The van der Waals surface area contributed by atoms with E-state index in [0.29, 0.717) is 0 Å². The Balaban J connectivity index is 2.10. The van der Waals surface area contributed by atoms with Gasteiger partial charge in [-0.2, -0.15) is 9.71 Å². The zero-order chi connectivity index (χ0) is 14.0. The summed E-state index contributed by atoms with van der Waals surface area (Å²) in [6.45, 7) is 0.0466. The summed E-state index contributed by atoms with van der Waals surface area (Å²) in [5.41, 5.74) is 5.14. The van der Waals surface area contributed by atoms with Crippen LogP contribution in [0.1, 0.15) is 6.42 Å². The first-order valence-corrected chi connectivity index (χ1v) is 7.07. The van der Waals surface area contributed by atoms with E-state index in [9.17, 15) is 9.36 Å². The first kappa shape index (κ1) is 13.5. The molecule has 0 unspecified atom stereocenters. The minimum atomic E-state index is -4.03. The van der Waals surface area contributed by atoms with Crippen LogP contribution >= 0.6 is 7.60 Å². The number of hydrogen-bond donors (Lipinski definition) is 4. The maximum absolute atomic E-state index is 11.5. The van der Waals surface area contributed by atoms with Gasteiger partial charge in [0.2, 0.25) is 11.6 Å². The Hall–Kier alpha value is -1.90. The van der Waals surface area contributed by atoms with E-state index in [1.54, 1.807) is 0 Å². The lowest BCUT2D eigenvalue weighted by Crippen LogP contribution is -2.16. The number of nitrogens with zero attached hydrogens (tertiary/aromatic N) is 3. The molecule has 19 heavy (non-hydrogen) atoms. The van der Waals surface area contributed by atoms with Gasteiger partial charge < -0.3 is 20.4 Å². The number of H-pyrrole nitrogens is 1. The van der Waals surface area contributed by atoms with Crippen LogP contribution in [-0.2, 0) is 4.57 Å². The number of rotatable bonds is 5. The highest BCUT2D eigenvalue weighted by atomic mass is 31.2. The number of imidazole rings is 1. The summed E-state index contributed by atoms with van der Waals surface area (Å²) in [5, 5.41) is 0. The van der Waals surface area contributed by atoms with E-state index >= 15 is 0 Å². The molecule has 2 rings (SSSR count). The zero-order valence-corrected chi connectivity index (χ0v) is 10.6. The Labute approximate surface area is 106 Å². The molecule has 0 saturated heterocycles. The fourth-order valence-electron chi connectivity index (χ4n) is 1.43. The standard InChI is InChI=1S/C8H12N5O5P/c9-8-11-6-5(7(14)12-8)10-4-13(6)18-2-1-3-19(15,16)17/h4H,1-3H2,(H2,15,16,17)(H3,9,11,12,14). The number of fused-ring (bicyclic) bond motifs is 1. The molecule has 0 aliphatic heterocycles. The van der Waals surface area contributed by atoms with Crippen molar-refractivity contribution in [2.24, 2.45) is 0 Å². The van der Waals surface area contributed by atoms with Gasteiger partial charge in [-0.05, 0) is 6.42 Å². The van der Waals surface area contributed by atoms with Crippen LogP contribution in [0.3, 0.4) is 0 Å². The third kappa shape index (κ3) is 3.31. The van der Waals surface area contributed by atoms with Crippen molar-refractivity contribution in [3.05, 3.63) is 16.7 Å². The van der Waals surface area contributed by atoms with Gasteiger partial charge in [-0.3, -0.25) is 14.3 Å². The van der Waals surface area contributed by atoms with Crippen molar-refractivity contribution >= 4 is 24.7 Å². The van der Waals surface area contributed by atoms with Gasteiger partial charge in [-0.25, -0.2) is 4.98 Å². The van der Waals surface area contributed by atoms with Gasteiger partial charge in [0, 0.05) is 0 Å². The highest BCUT2D eigenvalue weighted by Crippen LogP contribution is 2.34. The highest BCUT2D eigenvalue weighted by molar-refractivity contribution is 7.51. The molecule has 0 aromatic carbocycles. The first-order chi connectivity index (χ1) is 8.87. The summed E-state index contributed by atoms with van der Waals surface area (Å²) in [6.07, 6.45) is 1.11. The topological polar surface area (TPSA) is 156 Å². The normalized spacial score (nSPS) is 11.9. The fourth-order valence-corrected chi connectivity index (χ4v) is 1.98. The van der Waals surface area contributed by atoms with Crippen LogP contribution in [0.4, 0.5) is 5.95 Å². The average molecular weight is 289 g/mol. The number of nitrogens with two attached hydrogens (primary N) is 1. The van der Waals surface area contributed by atoms with Crippen molar-refractivity contribution in [3.8, 4) is 0 Å². The lowest BCUT2D eigenvalue weighted by molar-refractivity contribution is 0.117. The highest BCUT2D eigenvalue weighted by Gasteiger charge is 2.13. The van der Waals surface area contributed by atoms with E-state index in [0.717, 1.165) is 4.73 Å². The maximum atomic E-state index is 11.5. The third-order valence-corrected chi connectivity index (χ3v) is 3.12. The van der Waals surface area contributed by atoms with E-state index in [1.807, 2.05) is 0 Å². The Kier molecular flexibility index (Phi) is 3.56. The average Bonchev–Trinajstić information content (AvgIpc) is 2.66. The number of nitrogen functional groups attached to an aromatic ring is 1. The molecule has 0 spiro atoms. The molecule has 2 heterocycles. The molecular weight excluding hydrogens is 277 g/mol. The quantitative estimate of drug-likeness (QED) is 0.390. The summed E-state index contributed by atoms with van der Waals surface area (Å²) in [6, 6.07) is 0. The Morgan fingerprint density at radius 3 is 2.95 bits per heavy atom. The summed E-state index contributed by atoms with van der Waals surface area (Å²) < 4.78 is 11.8. The van der Waals surface area contributed by atoms with Gasteiger partial charge in [0.25, 0.3) is 5.56 Å². The minimum Gasteiger partial charge on any atom is -0.411 e. The Morgan fingerprint density at radius 2 is 2.26 bits per heavy atom. The van der Waals surface area contributed by atoms with Crippen LogP contribution in [0.5, 0.6) is 0 Å². The molecule has 0 aliphatic carbocycles. The van der Waals surface area contributed by atoms with E-state index < -0.39 is 13.2 Å². The molecule has 0 saturated carbocycles. The molecule has 0 bridgehead atoms. The van der Waals surface area contributed by atoms with Crippen molar-refractivity contribution < 1.29 is 19.2 Å². The fraction of sp³-hybridized carbons (Fsp3) is 0.375. The van der Waals surface area contributed by atoms with Gasteiger partial charge in [0.15, 0.2) is 5.52 Å². The monoisotopic (exact) mass is 289 g/mol. The molecule has 2 aromatic rings. The summed E-state index contributed by atoms with van der Waals surface area (Å²) >= 11 is 0. The van der Waals surface area contributed by atoms with Gasteiger partial charge in [0.1, 0.15) is 12.9 Å². The number of aromatic nitrogens is 4. The van der Waals surface area contributed by atoms with Crippen molar-refractivity contribution in [1.82, 2.24) is 19.7 Å². The van der Waals surface area contributed by atoms with Crippen LogP contribution < -0.4 is 16.1 Å². The molecule has 0 amide bonds. The smallest absolute Gasteiger partial charge is 0.325 e. The van der Waals surface area contributed by atoms with Crippen LogP contribution in [0.25, 0.3) is 11.2 Å². The van der Waals surface area contributed by atoms with Crippen LogP contribution in [0.15, 0.2) is 11.1 Å². The molecule has 0 radical (unpaired) electrons. The van der Waals surface area contributed by atoms with E-state index in [4.69, 9.17) is 20.4 Å². The van der Waals surface area contributed by atoms with Gasteiger partial charge in [-0.15, -0.1) is 0 Å². The number of nitrogens with one attached hydrogen (secondary N) is 1. The molecule has 11 heteroatoms. The largest absolute Gasteiger partial charge is 0.411 e. The maximum Gasteiger partial charge on any atom is 0.325 e. The molecule has 104 valence electrons. The van der Waals surface area contributed by atoms with Gasteiger partial charge >= 0.3 is 7.60 Å². The van der Waals surface area contributed by atoms with E-state index in [1.165, 1.54) is 6.33 Å².